The number of carbonyl (C=O) groups is 1. The molecule has 122 valence electrons. The molecule has 7 nitrogen and oxygen atoms in total. The van der Waals surface area contributed by atoms with E-state index in [0.29, 0.717) is 10.9 Å². The van der Waals surface area contributed by atoms with Crippen molar-refractivity contribution < 1.29 is 9.53 Å². The van der Waals surface area contributed by atoms with E-state index in [1.807, 2.05) is 0 Å². The summed E-state index contributed by atoms with van der Waals surface area (Å²) in [6, 6.07) is 0. The van der Waals surface area contributed by atoms with Crippen LogP contribution in [0, 0.1) is 0 Å². The number of thioether (sulfide) groups is 1. The highest BCUT2D eigenvalue weighted by Gasteiger charge is 2.18. The number of ether oxygens (including phenoxy) is 1. The summed E-state index contributed by atoms with van der Waals surface area (Å²) in [6.07, 6.45) is 4.68. The average Bonchev–Trinajstić information content (AvgIpc) is 2.45. The number of hydrogen-bond donors (Lipinski definition) is 1. The number of aromatic nitrogens is 4. The van der Waals surface area contributed by atoms with Crippen molar-refractivity contribution in [1.82, 2.24) is 19.9 Å². The molecule has 2 aromatic rings. The number of H-pyrrole nitrogens is 1. The quantitative estimate of drug-likeness (QED) is 0.367. The molecule has 0 aromatic carbocycles. The van der Waals surface area contributed by atoms with Crippen molar-refractivity contribution in [2.45, 2.75) is 31.5 Å². The molecule has 0 amide bonds. The fourth-order valence-corrected chi connectivity index (χ4v) is 2.28. The first-order valence-electron chi connectivity index (χ1n) is 6.61. The van der Waals surface area contributed by atoms with E-state index in [1.54, 1.807) is 27.0 Å². The zero-order valence-electron chi connectivity index (χ0n) is 13.0. The fourth-order valence-electron chi connectivity index (χ4n) is 1.59. The van der Waals surface area contributed by atoms with Gasteiger partial charge < -0.3 is 4.74 Å². The Morgan fingerprint density at radius 1 is 1.39 bits per heavy atom. The van der Waals surface area contributed by atoms with Crippen LogP contribution in [0.3, 0.4) is 0 Å². The fraction of sp³-hybridized carbons (Fsp3) is 0.357. The van der Waals surface area contributed by atoms with Crippen molar-refractivity contribution in [1.29, 1.82) is 0 Å². The summed E-state index contributed by atoms with van der Waals surface area (Å²) in [5, 5.41) is 0.468. The molecule has 0 aliphatic carbocycles. The number of nitrogens with zero attached hydrogens (tertiary/aromatic N) is 3. The van der Waals surface area contributed by atoms with Gasteiger partial charge in [-0.1, -0.05) is 11.8 Å². The Kier molecular flexibility index (Phi) is 5.20. The third kappa shape index (κ3) is 4.61. The molecular weight excluding hydrogens is 384 g/mol. The van der Waals surface area contributed by atoms with Gasteiger partial charge in [0, 0.05) is 0 Å². The second-order valence-corrected chi connectivity index (χ2v) is 7.19. The maximum atomic E-state index is 12.0. The molecule has 9 heteroatoms. The number of carbonyl (C=O) groups excluding carboxylic acids is 1. The summed E-state index contributed by atoms with van der Waals surface area (Å²) in [6.45, 7) is 5.32. The molecule has 0 saturated carbocycles. The molecule has 2 aromatic heterocycles. The van der Waals surface area contributed by atoms with E-state index < -0.39 is 11.6 Å². The minimum atomic E-state index is -0.603. The number of nitrogens with one attached hydrogen (secondary N) is 1. The molecule has 23 heavy (non-hydrogen) atoms. The van der Waals surface area contributed by atoms with Gasteiger partial charge in [-0.15, -0.1) is 0 Å². The van der Waals surface area contributed by atoms with E-state index in [4.69, 9.17) is 4.74 Å². The minimum Gasteiger partial charge on any atom is -0.456 e. The number of esters is 1. The second-order valence-electron chi connectivity index (χ2n) is 5.54. The average molecular weight is 399 g/mol. The van der Waals surface area contributed by atoms with E-state index in [-0.39, 0.29) is 21.2 Å². The Morgan fingerprint density at radius 2 is 2.09 bits per heavy atom. The third-order valence-electron chi connectivity index (χ3n) is 2.48. The van der Waals surface area contributed by atoms with Gasteiger partial charge in [0.25, 0.3) is 5.56 Å². The van der Waals surface area contributed by atoms with E-state index in [0.717, 1.165) is 0 Å². The Hall–Kier alpha value is -1.74. The Bertz CT molecular complexity index is 842. The second kappa shape index (κ2) is 6.79. The van der Waals surface area contributed by atoms with E-state index >= 15 is 0 Å². The largest absolute Gasteiger partial charge is 0.456 e. The molecule has 0 fully saturated rings. The monoisotopic (exact) mass is 398 g/mol. The summed E-state index contributed by atoms with van der Waals surface area (Å²) in [5.74, 6) is -0.524. The van der Waals surface area contributed by atoms with Crippen LogP contribution in [0.25, 0.3) is 17.2 Å². The first-order valence-corrected chi connectivity index (χ1v) is 8.63. The van der Waals surface area contributed by atoms with Crippen LogP contribution in [-0.4, -0.2) is 37.8 Å². The number of aromatic amines is 1. The van der Waals surface area contributed by atoms with Crippen molar-refractivity contribution in [3.05, 3.63) is 26.7 Å². The van der Waals surface area contributed by atoms with Gasteiger partial charge in [-0.05, 0) is 49.0 Å². The van der Waals surface area contributed by atoms with Crippen LogP contribution in [0.15, 0.2) is 20.6 Å². The summed E-state index contributed by atoms with van der Waals surface area (Å²) in [7, 11) is 0. The lowest BCUT2D eigenvalue weighted by Crippen LogP contribution is -2.23. The number of halogens is 1. The van der Waals surface area contributed by atoms with Crippen LogP contribution in [0.1, 0.15) is 26.5 Å². The summed E-state index contributed by atoms with van der Waals surface area (Å²) in [4.78, 5) is 39.0. The van der Waals surface area contributed by atoms with Crippen LogP contribution in [0.2, 0.25) is 0 Å². The molecule has 2 rings (SSSR count). The maximum Gasteiger partial charge on any atom is 0.345 e. The zero-order valence-corrected chi connectivity index (χ0v) is 15.4. The van der Waals surface area contributed by atoms with Gasteiger partial charge in [-0.2, -0.15) is 0 Å². The van der Waals surface area contributed by atoms with Gasteiger partial charge in [0.15, 0.2) is 16.3 Å². The van der Waals surface area contributed by atoms with E-state index in [2.05, 4.69) is 35.9 Å². The number of rotatable bonds is 3. The summed E-state index contributed by atoms with van der Waals surface area (Å²) < 4.78 is 5.41. The van der Waals surface area contributed by atoms with Gasteiger partial charge >= 0.3 is 5.97 Å². The molecule has 0 saturated heterocycles. The van der Waals surface area contributed by atoms with Gasteiger partial charge in [-0.3, -0.25) is 9.78 Å². The van der Waals surface area contributed by atoms with Crippen LogP contribution in [-0.2, 0) is 9.53 Å². The van der Waals surface area contributed by atoms with Crippen molar-refractivity contribution in [3.63, 3.8) is 0 Å². The van der Waals surface area contributed by atoms with Crippen LogP contribution >= 0.6 is 27.7 Å². The zero-order chi connectivity index (χ0) is 17.2. The van der Waals surface area contributed by atoms with E-state index in [1.165, 1.54) is 24.0 Å². The van der Waals surface area contributed by atoms with E-state index in [9.17, 15) is 9.59 Å². The lowest BCUT2D eigenvalue weighted by molar-refractivity contribution is -0.148. The van der Waals surface area contributed by atoms with Gasteiger partial charge in [0.05, 0.1) is 11.9 Å². The number of hydrogen-bond acceptors (Lipinski definition) is 7. The van der Waals surface area contributed by atoms with Crippen LogP contribution in [0.5, 0.6) is 0 Å². The molecule has 0 radical (unpaired) electrons. The van der Waals surface area contributed by atoms with Gasteiger partial charge in [0.1, 0.15) is 10.1 Å². The third-order valence-corrected chi connectivity index (χ3v) is 3.61. The lowest BCUT2D eigenvalue weighted by atomic mass is 10.2. The SMILES string of the molecule is CSc1nc2ncc(/C=C(\Br)C(=O)OC(C)(C)C)nc2c(=O)[nH]1. The Labute approximate surface area is 145 Å². The summed E-state index contributed by atoms with van der Waals surface area (Å²) in [5.41, 5.74) is -0.270. The Balaban J connectivity index is 2.37. The molecule has 0 atom stereocenters. The lowest BCUT2D eigenvalue weighted by Gasteiger charge is -2.19. The number of fused-ring (bicyclic) bond motifs is 1. The molecule has 0 aliphatic rings. The molecule has 0 bridgehead atoms. The Morgan fingerprint density at radius 3 is 2.70 bits per heavy atom. The topological polar surface area (TPSA) is 97.8 Å². The minimum absolute atomic E-state index is 0.112. The van der Waals surface area contributed by atoms with Gasteiger partial charge in [0.2, 0.25) is 0 Å². The highest BCUT2D eigenvalue weighted by atomic mass is 79.9. The normalized spacial score (nSPS) is 12.5. The standard InChI is InChI=1S/C14H15BrN4O3S/c1-14(2,3)22-12(21)8(15)5-7-6-16-10-9(17-7)11(20)19-13(18-10)23-4/h5-6H,1-4H3,(H,16,18,19,20)/b8-5-. The first-order chi connectivity index (χ1) is 10.7. The van der Waals surface area contributed by atoms with Crippen molar-refractivity contribution in [3.8, 4) is 0 Å². The molecular formula is C14H15BrN4O3S. The first kappa shape index (κ1) is 17.6. The van der Waals surface area contributed by atoms with Crippen LogP contribution < -0.4 is 5.56 Å². The van der Waals surface area contributed by atoms with Crippen molar-refractivity contribution in [2.24, 2.45) is 0 Å². The predicted molar refractivity (Wildman–Crippen MR) is 92.5 cm³/mol. The highest BCUT2D eigenvalue weighted by Crippen LogP contribution is 2.18. The molecule has 1 N–H and O–H groups in total. The van der Waals surface area contributed by atoms with Crippen LogP contribution in [0.4, 0.5) is 0 Å². The smallest absolute Gasteiger partial charge is 0.345 e. The molecule has 0 spiro atoms. The molecule has 0 aliphatic heterocycles. The molecule has 0 unspecified atom stereocenters. The summed E-state index contributed by atoms with van der Waals surface area (Å²) >= 11 is 4.46. The van der Waals surface area contributed by atoms with Crippen molar-refractivity contribution >= 4 is 50.9 Å². The van der Waals surface area contributed by atoms with Crippen molar-refractivity contribution in [2.75, 3.05) is 6.26 Å². The predicted octanol–water partition coefficient (Wildman–Crippen LogP) is 2.51. The maximum absolute atomic E-state index is 12.0. The highest BCUT2D eigenvalue weighted by molar-refractivity contribution is 9.12. The molecule has 2 heterocycles. The van der Waals surface area contributed by atoms with Gasteiger partial charge in [-0.25, -0.2) is 19.7 Å².